The van der Waals surface area contributed by atoms with Crippen LogP contribution in [0.25, 0.3) is 0 Å². The first-order chi connectivity index (χ1) is 7.22. The second-order valence-electron chi connectivity index (χ2n) is 4.09. The molecule has 5 nitrogen and oxygen atoms in total. The van der Waals surface area contributed by atoms with Crippen molar-refractivity contribution in [2.75, 3.05) is 0 Å². The maximum atomic E-state index is 13.2. The van der Waals surface area contributed by atoms with E-state index in [-0.39, 0.29) is 0 Å². The van der Waals surface area contributed by atoms with Gasteiger partial charge in [0.1, 0.15) is 0 Å². The summed E-state index contributed by atoms with van der Waals surface area (Å²) in [6, 6.07) is 2.32. The number of hydrogen-bond acceptors (Lipinski definition) is 4. The number of nitrogens with zero attached hydrogens (tertiary/aromatic N) is 1. The molecule has 0 spiro atoms. The van der Waals surface area contributed by atoms with Crippen molar-refractivity contribution in [3.8, 4) is 0 Å². The number of halogens is 1. The highest BCUT2D eigenvalue weighted by Crippen LogP contribution is 2.12. The van der Waals surface area contributed by atoms with Crippen molar-refractivity contribution >= 4 is 10.0 Å². The molecule has 1 rings (SSSR count). The van der Waals surface area contributed by atoms with Gasteiger partial charge >= 0.3 is 0 Å². The van der Waals surface area contributed by atoms with Gasteiger partial charge in [0, 0.05) is 6.20 Å². The monoisotopic (exact) mass is 248 g/mol. The van der Waals surface area contributed by atoms with Gasteiger partial charge in [-0.25, -0.2) is 17.8 Å². The minimum atomic E-state index is -4.08. The average molecular weight is 248 g/mol. The number of rotatable bonds is 3. The molecule has 0 fully saturated rings. The van der Waals surface area contributed by atoms with E-state index in [4.69, 9.17) is 4.84 Å². The molecule has 0 unspecified atom stereocenters. The Balaban J connectivity index is 2.92. The highest BCUT2D eigenvalue weighted by Gasteiger charge is 2.23. The van der Waals surface area contributed by atoms with Crippen molar-refractivity contribution < 1.29 is 17.6 Å². The van der Waals surface area contributed by atoms with Gasteiger partial charge in [0.15, 0.2) is 5.82 Å². The van der Waals surface area contributed by atoms with Crippen LogP contribution in [0.5, 0.6) is 0 Å². The summed E-state index contributed by atoms with van der Waals surface area (Å²) >= 11 is 0. The molecule has 0 aliphatic carbocycles. The molecule has 0 amide bonds. The minimum Gasteiger partial charge on any atom is -0.281 e. The van der Waals surface area contributed by atoms with Crippen molar-refractivity contribution in [2.24, 2.45) is 0 Å². The first-order valence-electron chi connectivity index (χ1n) is 4.53. The van der Waals surface area contributed by atoms with Gasteiger partial charge in [-0.05, 0) is 32.9 Å². The molecular weight excluding hydrogens is 235 g/mol. The van der Waals surface area contributed by atoms with Crippen LogP contribution in [-0.2, 0) is 14.9 Å². The molecule has 0 bridgehead atoms. The molecule has 1 aromatic heterocycles. The van der Waals surface area contributed by atoms with E-state index < -0.39 is 26.5 Å². The first-order valence-corrected chi connectivity index (χ1v) is 6.01. The second-order valence-corrected chi connectivity index (χ2v) is 5.65. The Kier molecular flexibility index (Phi) is 3.61. The highest BCUT2D eigenvalue weighted by molar-refractivity contribution is 7.89. The van der Waals surface area contributed by atoms with Crippen molar-refractivity contribution in [1.82, 2.24) is 9.87 Å². The van der Waals surface area contributed by atoms with Crippen LogP contribution in [0.1, 0.15) is 20.8 Å². The average Bonchev–Trinajstić information content (AvgIpc) is 2.14. The molecule has 0 atom stereocenters. The number of pyridine rings is 1. The van der Waals surface area contributed by atoms with E-state index in [9.17, 15) is 12.8 Å². The Hall–Kier alpha value is -1.05. The lowest BCUT2D eigenvalue weighted by atomic mass is 10.2. The fourth-order valence-corrected chi connectivity index (χ4v) is 1.75. The zero-order valence-electron chi connectivity index (χ0n) is 9.19. The predicted octanol–water partition coefficient (Wildman–Crippen LogP) is 1.23. The first kappa shape index (κ1) is 13.0. The summed E-state index contributed by atoms with van der Waals surface area (Å²) in [5, 5.41) is -0.681. The van der Waals surface area contributed by atoms with E-state index in [1.165, 1.54) is 12.3 Å². The Morgan fingerprint density at radius 1 is 1.44 bits per heavy atom. The molecule has 1 N–H and O–H groups in total. The van der Waals surface area contributed by atoms with E-state index in [0.717, 1.165) is 6.07 Å². The fourth-order valence-electron chi connectivity index (χ4n) is 0.788. The molecule has 1 aromatic rings. The Morgan fingerprint density at radius 2 is 2.06 bits per heavy atom. The Morgan fingerprint density at radius 3 is 2.56 bits per heavy atom. The zero-order chi connectivity index (χ0) is 12.4. The molecule has 7 heteroatoms. The lowest BCUT2D eigenvalue weighted by Crippen LogP contribution is -2.34. The largest absolute Gasteiger partial charge is 0.282 e. The lowest BCUT2D eigenvalue weighted by Gasteiger charge is -2.18. The highest BCUT2D eigenvalue weighted by atomic mass is 32.2. The summed E-state index contributed by atoms with van der Waals surface area (Å²) in [4.78, 5) is 10.1. The molecular formula is C9H13FN2O3S. The maximum Gasteiger partial charge on any atom is 0.282 e. The van der Waals surface area contributed by atoms with Gasteiger partial charge < -0.3 is 0 Å². The quantitative estimate of drug-likeness (QED) is 0.817. The maximum absolute atomic E-state index is 13.2. The van der Waals surface area contributed by atoms with E-state index >= 15 is 0 Å². The number of aromatic nitrogens is 1. The zero-order valence-corrected chi connectivity index (χ0v) is 10.0. The van der Waals surface area contributed by atoms with Crippen LogP contribution >= 0.6 is 0 Å². The van der Waals surface area contributed by atoms with Gasteiger partial charge in [-0.3, -0.25) is 4.84 Å². The summed E-state index contributed by atoms with van der Waals surface area (Å²) in [6.07, 6.45) is 1.19. The molecule has 0 aromatic carbocycles. The normalized spacial score (nSPS) is 12.8. The van der Waals surface area contributed by atoms with Gasteiger partial charge in [-0.2, -0.15) is 0 Å². The van der Waals surface area contributed by atoms with E-state index in [0.29, 0.717) is 0 Å². The third-order valence-corrected chi connectivity index (χ3v) is 2.55. The third kappa shape index (κ3) is 3.51. The van der Waals surface area contributed by atoms with Gasteiger partial charge in [0.25, 0.3) is 10.0 Å². The number of sulfonamides is 1. The van der Waals surface area contributed by atoms with Crippen LogP contribution in [0.15, 0.2) is 23.4 Å². The van der Waals surface area contributed by atoms with E-state index in [1.54, 1.807) is 20.8 Å². The van der Waals surface area contributed by atoms with Crippen molar-refractivity contribution in [3.63, 3.8) is 0 Å². The van der Waals surface area contributed by atoms with Crippen molar-refractivity contribution in [3.05, 3.63) is 24.1 Å². The van der Waals surface area contributed by atoms with Crippen LogP contribution in [-0.4, -0.2) is 19.0 Å². The van der Waals surface area contributed by atoms with Crippen LogP contribution in [0, 0.1) is 5.82 Å². The van der Waals surface area contributed by atoms with Gasteiger partial charge in [-0.1, -0.05) is 4.89 Å². The number of nitrogens with one attached hydrogen (secondary N) is 1. The number of hydrogen-bond donors (Lipinski definition) is 1. The van der Waals surface area contributed by atoms with Gasteiger partial charge in [-0.15, -0.1) is 0 Å². The third-order valence-electron chi connectivity index (χ3n) is 1.44. The molecule has 0 saturated heterocycles. The smallest absolute Gasteiger partial charge is 0.281 e. The minimum absolute atomic E-state index is 0.681. The predicted molar refractivity (Wildman–Crippen MR) is 55.4 cm³/mol. The molecule has 0 radical (unpaired) electrons. The summed E-state index contributed by atoms with van der Waals surface area (Å²) in [5.41, 5.74) is -0.710. The van der Waals surface area contributed by atoms with Crippen LogP contribution < -0.4 is 4.89 Å². The molecule has 0 aliphatic heterocycles. The Bertz CT molecular complexity index is 468. The van der Waals surface area contributed by atoms with Crippen molar-refractivity contribution in [1.29, 1.82) is 0 Å². The molecule has 16 heavy (non-hydrogen) atoms. The summed E-state index contributed by atoms with van der Waals surface area (Å²) in [7, 11) is -4.08. The van der Waals surface area contributed by atoms with Crippen LogP contribution in [0.3, 0.4) is 0 Å². The van der Waals surface area contributed by atoms with E-state index in [1.807, 2.05) is 4.89 Å². The van der Waals surface area contributed by atoms with Crippen LogP contribution in [0.4, 0.5) is 4.39 Å². The summed E-state index contributed by atoms with van der Waals surface area (Å²) in [6.45, 7) is 4.97. The van der Waals surface area contributed by atoms with Gasteiger partial charge in [0.05, 0.1) is 5.60 Å². The second kappa shape index (κ2) is 4.44. The molecule has 1 heterocycles. The standard InChI is InChI=1S/C9H13FN2O3S/c1-9(2,3)15-12-16(13,14)8-7(10)5-4-6-11-8/h4-6,12H,1-3H3. The van der Waals surface area contributed by atoms with Crippen molar-refractivity contribution in [2.45, 2.75) is 31.4 Å². The SMILES string of the molecule is CC(C)(C)ONS(=O)(=O)c1ncccc1F. The molecule has 0 aliphatic rings. The lowest BCUT2D eigenvalue weighted by molar-refractivity contribution is -0.0359. The van der Waals surface area contributed by atoms with E-state index in [2.05, 4.69) is 4.98 Å². The summed E-state index contributed by atoms with van der Waals surface area (Å²) in [5.74, 6) is -0.924. The molecule has 0 saturated carbocycles. The van der Waals surface area contributed by atoms with Gasteiger partial charge in [0.2, 0.25) is 5.03 Å². The topological polar surface area (TPSA) is 68.3 Å². The summed E-state index contributed by atoms with van der Waals surface area (Å²) < 4.78 is 36.3. The molecule has 90 valence electrons. The fraction of sp³-hybridized carbons (Fsp3) is 0.444. The van der Waals surface area contributed by atoms with Crippen LogP contribution in [0.2, 0.25) is 0 Å². The Labute approximate surface area is 93.7 Å².